The monoisotopic (exact) mass is 451 g/mol. The van der Waals surface area contributed by atoms with E-state index in [1.54, 1.807) is 7.11 Å². The van der Waals surface area contributed by atoms with Gasteiger partial charge in [-0.3, -0.25) is 4.79 Å². The number of benzene rings is 3. The maximum Gasteiger partial charge on any atom is 0.254 e. The Morgan fingerprint density at radius 2 is 1.62 bits per heavy atom. The van der Waals surface area contributed by atoms with E-state index in [2.05, 4.69) is 55.1 Å². The van der Waals surface area contributed by atoms with Crippen LogP contribution in [0.3, 0.4) is 0 Å². The molecule has 1 aliphatic heterocycles. The predicted octanol–water partition coefficient (Wildman–Crippen LogP) is 5.49. The van der Waals surface area contributed by atoms with Crippen LogP contribution in [0.5, 0.6) is 5.75 Å². The summed E-state index contributed by atoms with van der Waals surface area (Å²) < 4.78 is 5.37. The van der Waals surface area contributed by atoms with E-state index in [4.69, 9.17) is 9.72 Å². The van der Waals surface area contributed by atoms with Crippen LogP contribution >= 0.6 is 0 Å². The van der Waals surface area contributed by atoms with Gasteiger partial charge >= 0.3 is 0 Å². The first-order valence-corrected chi connectivity index (χ1v) is 11.7. The highest BCUT2D eigenvalue weighted by Crippen LogP contribution is 2.28. The van der Waals surface area contributed by atoms with Crippen molar-refractivity contribution in [2.75, 3.05) is 38.2 Å². The van der Waals surface area contributed by atoms with Crippen LogP contribution in [0.15, 0.2) is 72.8 Å². The molecule has 2 heterocycles. The Labute approximate surface area is 200 Å². The van der Waals surface area contributed by atoms with Gasteiger partial charge in [-0.15, -0.1) is 0 Å². The Balaban J connectivity index is 1.45. The molecule has 0 bridgehead atoms. The molecule has 0 radical (unpaired) electrons. The number of carbonyl (C=O) groups excluding carboxylic acids is 1. The lowest BCUT2D eigenvalue weighted by molar-refractivity contribution is 0.0748. The number of ether oxygens (including phenoxy) is 1. The average Bonchev–Trinajstić information content (AvgIpc) is 2.88. The Bertz CT molecular complexity index is 1360. The van der Waals surface area contributed by atoms with E-state index >= 15 is 0 Å². The Morgan fingerprint density at radius 1 is 0.853 bits per heavy atom. The molecule has 1 aromatic heterocycles. The normalized spacial score (nSPS) is 13.9. The van der Waals surface area contributed by atoms with Crippen LogP contribution in [0.2, 0.25) is 0 Å². The molecule has 0 saturated carbocycles. The number of anilines is 1. The lowest BCUT2D eigenvalue weighted by Crippen LogP contribution is -2.48. The summed E-state index contributed by atoms with van der Waals surface area (Å²) in [6, 6.07) is 24.5. The summed E-state index contributed by atoms with van der Waals surface area (Å²) in [5.74, 6) is 0.913. The van der Waals surface area contributed by atoms with Crippen molar-refractivity contribution in [2.24, 2.45) is 0 Å². The highest BCUT2D eigenvalue weighted by molar-refractivity contribution is 6.07. The number of carbonyl (C=O) groups is 1. The predicted molar refractivity (Wildman–Crippen MR) is 138 cm³/mol. The van der Waals surface area contributed by atoms with Gasteiger partial charge in [0.25, 0.3) is 5.91 Å². The minimum absolute atomic E-state index is 0.0668. The van der Waals surface area contributed by atoms with Crippen molar-refractivity contribution in [3.63, 3.8) is 0 Å². The second-order valence-electron chi connectivity index (χ2n) is 8.93. The SMILES string of the molecule is COc1cccc(N2CCN(C(=O)c3cc(-c4cccc(C)c4)nc4ccc(C)cc34)CC2)c1. The molecule has 34 heavy (non-hydrogen) atoms. The fraction of sp³-hybridized carbons (Fsp3) is 0.241. The number of aryl methyl sites for hydroxylation is 2. The topological polar surface area (TPSA) is 45.7 Å². The van der Waals surface area contributed by atoms with Gasteiger partial charge in [-0.05, 0) is 50.2 Å². The number of fused-ring (bicyclic) bond motifs is 1. The smallest absolute Gasteiger partial charge is 0.254 e. The van der Waals surface area contributed by atoms with Gasteiger partial charge in [0.15, 0.2) is 0 Å². The van der Waals surface area contributed by atoms with Crippen molar-refractivity contribution < 1.29 is 9.53 Å². The number of nitrogens with zero attached hydrogens (tertiary/aromatic N) is 3. The van der Waals surface area contributed by atoms with Gasteiger partial charge in [-0.2, -0.15) is 0 Å². The summed E-state index contributed by atoms with van der Waals surface area (Å²) in [6.45, 7) is 7.03. The first kappa shape index (κ1) is 22.0. The van der Waals surface area contributed by atoms with Gasteiger partial charge in [0.2, 0.25) is 0 Å². The van der Waals surface area contributed by atoms with Crippen LogP contribution < -0.4 is 9.64 Å². The number of amides is 1. The van der Waals surface area contributed by atoms with Crippen LogP contribution in [-0.2, 0) is 0 Å². The van der Waals surface area contributed by atoms with E-state index in [9.17, 15) is 4.79 Å². The first-order chi connectivity index (χ1) is 16.5. The largest absolute Gasteiger partial charge is 0.497 e. The van der Waals surface area contributed by atoms with Crippen molar-refractivity contribution in [3.8, 4) is 17.0 Å². The van der Waals surface area contributed by atoms with E-state index < -0.39 is 0 Å². The molecule has 0 N–H and O–H groups in total. The van der Waals surface area contributed by atoms with Gasteiger partial charge in [-0.25, -0.2) is 4.98 Å². The molecular formula is C29H29N3O2. The van der Waals surface area contributed by atoms with Gasteiger partial charge in [-0.1, -0.05) is 41.5 Å². The fourth-order valence-electron chi connectivity index (χ4n) is 4.61. The fourth-order valence-corrected chi connectivity index (χ4v) is 4.61. The zero-order valence-corrected chi connectivity index (χ0v) is 19.9. The number of piperazine rings is 1. The zero-order valence-electron chi connectivity index (χ0n) is 19.9. The Morgan fingerprint density at radius 3 is 2.38 bits per heavy atom. The van der Waals surface area contributed by atoms with E-state index in [-0.39, 0.29) is 5.91 Å². The molecule has 4 aromatic rings. The third kappa shape index (κ3) is 4.34. The van der Waals surface area contributed by atoms with Gasteiger partial charge in [0, 0.05) is 48.9 Å². The molecule has 5 heteroatoms. The molecule has 5 nitrogen and oxygen atoms in total. The van der Waals surface area contributed by atoms with Crippen LogP contribution in [0, 0.1) is 13.8 Å². The minimum atomic E-state index is 0.0668. The van der Waals surface area contributed by atoms with E-state index in [0.717, 1.165) is 57.8 Å². The highest BCUT2D eigenvalue weighted by Gasteiger charge is 2.25. The number of hydrogen-bond acceptors (Lipinski definition) is 4. The van der Waals surface area contributed by atoms with Crippen LogP contribution in [0.25, 0.3) is 22.2 Å². The van der Waals surface area contributed by atoms with Crippen LogP contribution in [-0.4, -0.2) is 49.1 Å². The molecule has 3 aromatic carbocycles. The maximum atomic E-state index is 13.8. The third-order valence-electron chi connectivity index (χ3n) is 6.49. The first-order valence-electron chi connectivity index (χ1n) is 11.7. The summed E-state index contributed by atoms with van der Waals surface area (Å²) in [4.78, 5) is 22.9. The van der Waals surface area contributed by atoms with Gasteiger partial charge < -0.3 is 14.5 Å². The van der Waals surface area contributed by atoms with Crippen molar-refractivity contribution in [2.45, 2.75) is 13.8 Å². The number of rotatable bonds is 4. The summed E-state index contributed by atoms with van der Waals surface area (Å²) >= 11 is 0. The number of pyridine rings is 1. The van der Waals surface area contributed by atoms with Gasteiger partial charge in [0.1, 0.15) is 5.75 Å². The molecular weight excluding hydrogens is 422 g/mol. The summed E-state index contributed by atoms with van der Waals surface area (Å²) in [6.07, 6.45) is 0. The number of hydrogen-bond donors (Lipinski definition) is 0. The van der Waals surface area contributed by atoms with E-state index in [0.29, 0.717) is 13.1 Å². The van der Waals surface area contributed by atoms with Gasteiger partial charge in [0.05, 0.1) is 23.9 Å². The second-order valence-corrected chi connectivity index (χ2v) is 8.93. The molecule has 172 valence electrons. The minimum Gasteiger partial charge on any atom is -0.497 e. The Kier molecular flexibility index (Phi) is 5.93. The van der Waals surface area contributed by atoms with E-state index in [1.807, 2.05) is 41.3 Å². The van der Waals surface area contributed by atoms with Crippen LogP contribution in [0.1, 0.15) is 21.5 Å². The van der Waals surface area contributed by atoms with Crippen molar-refractivity contribution in [1.82, 2.24) is 9.88 Å². The number of methoxy groups -OCH3 is 1. The lowest BCUT2D eigenvalue weighted by atomic mass is 10.0. The molecule has 0 aliphatic carbocycles. The quantitative estimate of drug-likeness (QED) is 0.412. The lowest BCUT2D eigenvalue weighted by Gasteiger charge is -2.36. The standard InChI is InChI=1S/C29H29N3O2/c1-20-6-4-7-22(16-20)28-19-26(25-17-21(2)10-11-27(25)30-28)29(33)32-14-12-31(13-15-32)23-8-5-9-24(18-23)34-3/h4-11,16-19H,12-15H2,1-3H3. The second kappa shape index (κ2) is 9.18. The van der Waals surface area contributed by atoms with E-state index in [1.165, 1.54) is 5.56 Å². The molecule has 0 spiro atoms. The Hall–Kier alpha value is -3.86. The highest BCUT2D eigenvalue weighted by atomic mass is 16.5. The number of aromatic nitrogens is 1. The van der Waals surface area contributed by atoms with Crippen molar-refractivity contribution in [1.29, 1.82) is 0 Å². The maximum absolute atomic E-state index is 13.8. The molecule has 1 amide bonds. The summed E-state index contributed by atoms with van der Waals surface area (Å²) in [5.41, 5.74) is 6.85. The summed E-state index contributed by atoms with van der Waals surface area (Å²) in [7, 11) is 1.68. The third-order valence-corrected chi connectivity index (χ3v) is 6.49. The summed E-state index contributed by atoms with van der Waals surface area (Å²) in [5, 5.41) is 0.914. The molecule has 1 fully saturated rings. The van der Waals surface area contributed by atoms with Crippen molar-refractivity contribution >= 4 is 22.5 Å². The molecule has 0 unspecified atom stereocenters. The molecule has 1 saturated heterocycles. The molecule has 1 aliphatic rings. The molecule has 0 atom stereocenters. The zero-order chi connectivity index (χ0) is 23.7. The van der Waals surface area contributed by atoms with Crippen LogP contribution in [0.4, 0.5) is 5.69 Å². The molecule has 5 rings (SSSR count). The average molecular weight is 452 g/mol. The van der Waals surface area contributed by atoms with Crippen molar-refractivity contribution in [3.05, 3.63) is 89.5 Å².